The minimum Gasteiger partial charge on any atom is -0.336 e. The van der Waals surface area contributed by atoms with Crippen LogP contribution in [0.15, 0.2) is 54.9 Å². The Bertz CT molecular complexity index is 683. The summed E-state index contributed by atoms with van der Waals surface area (Å²) in [6.45, 7) is 2.95. The number of hydrogen-bond donors (Lipinski definition) is 1. The molecule has 3 rings (SSSR count). The number of pyridine rings is 1. The van der Waals surface area contributed by atoms with Gasteiger partial charge in [0, 0.05) is 44.3 Å². The van der Waals surface area contributed by atoms with Crippen LogP contribution in [0.5, 0.6) is 0 Å². The van der Waals surface area contributed by atoms with Gasteiger partial charge in [-0.1, -0.05) is 18.2 Å². The molecule has 0 unspecified atom stereocenters. The number of carbonyl (C=O) groups is 2. The number of aromatic nitrogens is 1. The summed E-state index contributed by atoms with van der Waals surface area (Å²) >= 11 is 0. The number of rotatable bonds is 4. The molecule has 0 bridgehead atoms. The van der Waals surface area contributed by atoms with Gasteiger partial charge in [0.05, 0.1) is 12.1 Å². The first-order valence-corrected chi connectivity index (χ1v) is 7.99. The highest BCUT2D eigenvalue weighted by Gasteiger charge is 2.23. The Morgan fingerprint density at radius 2 is 1.75 bits per heavy atom. The van der Waals surface area contributed by atoms with E-state index in [4.69, 9.17) is 0 Å². The van der Waals surface area contributed by atoms with E-state index < -0.39 is 0 Å². The number of piperazine rings is 1. The molecule has 6 heteroatoms. The van der Waals surface area contributed by atoms with Crippen molar-refractivity contribution in [3.63, 3.8) is 0 Å². The fraction of sp³-hybridized carbons (Fsp3) is 0.278. The quantitative estimate of drug-likeness (QED) is 0.925. The van der Waals surface area contributed by atoms with Crippen LogP contribution in [0.2, 0.25) is 0 Å². The number of hydrogen-bond acceptors (Lipinski definition) is 4. The van der Waals surface area contributed by atoms with Crippen LogP contribution in [-0.4, -0.2) is 59.3 Å². The molecule has 2 heterocycles. The number of anilines is 1. The number of carbonyl (C=O) groups excluding carboxylic acids is 2. The molecule has 0 aliphatic carbocycles. The summed E-state index contributed by atoms with van der Waals surface area (Å²) in [5.41, 5.74) is 1.40. The van der Waals surface area contributed by atoms with E-state index in [1.54, 1.807) is 24.5 Å². The van der Waals surface area contributed by atoms with E-state index in [0.717, 1.165) is 5.69 Å². The molecule has 124 valence electrons. The van der Waals surface area contributed by atoms with Crippen LogP contribution >= 0.6 is 0 Å². The maximum absolute atomic E-state index is 12.4. The van der Waals surface area contributed by atoms with Crippen molar-refractivity contribution in [2.75, 3.05) is 38.0 Å². The summed E-state index contributed by atoms with van der Waals surface area (Å²) in [5, 5.41) is 2.88. The number of para-hydroxylation sites is 1. The molecule has 1 aromatic heterocycles. The van der Waals surface area contributed by atoms with E-state index in [2.05, 4.69) is 15.2 Å². The van der Waals surface area contributed by atoms with Gasteiger partial charge in [0.1, 0.15) is 0 Å². The fourth-order valence-corrected chi connectivity index (χ4v) is 2.71. The minimum atomic E-state index is -0.0340. The number of amides is 2. The van der Waals surface area contributed by atoms with Crippen molar-refractivity contribution in [1.82, 2.24) is 14.8 Å². The van der Waals surface area contributed by atoms with Gasteiger partial charge in [0.15, 0.2) is 0 Å². The van der Waals surface area contributed by atoms with Gasteiger partial charge in [-0.25, -0.2) is 0 Å². The largest absolute Gasteiger partial charge is 0.336 e. The van der Waals surface area contributed by atoms with E-state index in [1.807, 2.05) is 35.2 Å². The molecule has 0 radical (unpaired) electrons. The zero-order valence-electron chi connectivity index (χ0n) is 13.4. The zero-order valence-corrected chi connectivity index (χ0v) is 13.4. The lowest BCUT2D eigenvalue weighted by molar-refractivity contribution is -0.117. The summed E-state index contributed by atoms with van der Waals surface area (Å²) in [6.07, 6.45) is 3.24. The molecule has 0 atom stereocenters. The highest BCUT2D eigenvalue weighted by molar-refractivity contribution is 5.94. The van der Waals surface area contributed by atoms with Gasteiger partial charge in [-0.15, -0.1) is 0 Å². The van der Waals surface area contributed by atoms with Gasteiger partial charge in [0.2, 0.25) is 5.91 Å². The third-order valence-corrected chi connectivity index (χ3v) is 3.99. The first-order chi connectivity index (χ1) is 11.7. The van der Waals surface area contributed by atoms with Crippen molar-refractivity contribution in [2.45, 2.75) is 0 Å². The normalized spacial score (nSPS) is 15.1. The summed E-state index contributed by atoms with van der Waals surface area (Å²) in [6, 6.07) is 12.9. The summed E-state index contributed by atoms with van der Waals surface area (Å²) in [5.74, 6) is -0.0373. The Morgan fingerprint density at radius 3 is 2.42 bits per heavy atom. The highest BCUT2D eigenvalue weighted by Crippen LogP contribution is 2.09. The van der Waals surface area contributed by atoms with Gasteiger partial charge >= 0.3 is 0 Å². The fourth-order valence-electron chi connectivity index (χ4n) is 2.71. The van der Waals surface area contributed by atoms with Crippen molar-refractivity contribution < 1.29 is 9.59 Å². The Morgan fingerprint density at radius 1 is 1.00 bits per heavy atom. The van der Waals surface area contributed by atoms with E-state index in [0.29, 0.717) is 38.3 Å². The maximum Gasteiger partial charge on any atom is 0.255 e. The third kappa shape index (κ3) is 4.17. The number of nitrogens with one attached hydrogen (secondary N) is 1. The molecule has 0 spiro atoms. The van der Waals surface area contributed by atoms with Crippen LogP contribution in [-0.2, 0) is 4.79 Å². The van der Waals surface area contributed by atoms with Gasteiger partial charge in [0.25, 0.3) is 5.91 Å². The predicted octanol–water partition coefficient (Wildman–Crippen LogP) is 1.48. The molecular formula is C18H20N4O2. The smallest absolute Gasteiger partial charge is 0.255 e. The number of benzene rings is 1. The SMILES string of the molecule is O=C(CN1CCN(C(=O)c2cccnc2)CC1)Nc1ccccc1. The molecule has 24 heavy (non-hydrogen) atoms. The molecule has 2 amide bonds. The second-order valence-electron chi connectivity index (χ2n) is 5.72. The van der Waals surface area contributed by atoms with Crippen LogP contribution in [0.1, 0.15) is 10.4 Å². The van der Waals surface area contributed by atoms with Crippen molar-refractivity contribution in [2.24, 2.45) is 0 Å². The lowest BCUT2D eigenvalue weighted by Gasteiger charge is -2.34. The first kappa shape index (κ1) is 16.1. The third-order valence-electron chi connectivity index (χ3n) is 3.99. The van der Waals surface area contributed by atoms with Crippen molar-refractivity contribution >= 4 is 17.5 Å². The molecule has 2 aromatic rings. The second-order valence-corrected chi connectivity index (χ2v) is 5.72. The van der Waals surface area contributed by atoms with Crippen LogP contribution in [0.3, 0.4) is 0 Å². The average Bonchev–Trinajstić information content (AvgIpc) is 2.63. The Labute approximate surface area is 141 Å². The molecular weight excluding hydrogens is 304 g/mol. The minimum absolute atomic E-state index is 0.00325. The molecule has 1 saturated heterocycles. The van der Waals surface area contributed by atoms with Crippen LogP contribution in [0.4, 0.5) is 5.69 Å². The summed E-state index contributed by atoms with van der Waals surface area (Å²) < 4.78 is 0. The standard InChI is InChI=1S/C18H20N4O2/c23-17(20-16-6-2-1-3-7-16)14-21-9-11-22(12-10-21)18(24)15-5-4-8-19-13-15/h1-8,13H,9-12,14H2,(H,20,23). The van der Waals surface area contributed by atoms with E-state index in [1.165, 1.54) is 0 Å². The van der Waals surface area contributed by atoms with E-state index >= 15 is 0 Å². The molecule has 1 aliphatic heterocycles. The lowest BCUT2D eigenvalue weighted by Crippen LogP contribution is -2.50. The molecule has 6 nitrogen and oxygen atoms in total. The average molecular weight is 324 g/mol. The Kier molecular flexibility index (Phi) is 5.18. The van der Waals surface area contributed by atoms with Gasteiger partial charge in [-0.05, 0) is 24.3 Å². The highest BCUT2D eigenvalue weighted by atomic mass is 16.2. The van der Waals surface area contributed by atoms with E-state index in [9.17, 15) is 9.59 Å². The Balaban J connectivity index is 1.47. The van der Waals surface area contributed by atoms with Crippen molar-refractivity contribution in [3.8, 4) is 0 Å². The molecule has 1 fully saturated rings. The van der Waals surface area contributed by atoms with Gasteiger partial charge in [-0.2, -0.15) is 0 Å². The monoisotopic (exact) mass is 324 g/mol. The summed E-state index contributed by atoms with van der Waals surface area (Å²) in [7, 11) is 0. The van der Waals surface area contributed by atoms with Crippen molar-refractivity contribution in [3.05, 3.63) is 60.4 Å². The molecule has 1 aromatic carbocycles. The maximum atomic E-state index is 12.4. The van der Waals surface area contributed by atoms with Crippen LogP contribution < -0.4 is 5.32 Å². The lowest BCUT2D eigenvalue weighted by atomic mass is 10.2. The molecule has 0 saturated carbocycles. The number of nitrogens with zero attached hydrogens (tertiary/aromatic N) is 3. The van der Waals surface area contributed by atoms with Gasteiger partial charge < -0.3 is 10.2 Å². The Hall–Kier alpha value is -2.73. The van der Waals surface area contributed by atoms with Crippen LogP contribution in [0.25, 0.3) is 0 Å². The van der Waals surface area contributed by atoms with E-state index in [-0.39, 0.29) is 11.8 Å². The van der Waals surface area contributed by atoms with Gasteiger partial charge in [-0.3, -0.25) is 19.5 Å². The second kappa shape index (κ2) is 7.70. The topological polar surface area (TPSA) is 65.5 Å². The predicted molar refractivity (Wildman–Crippen MR) is 91.7 cm³/mol. The van der Waals surface area contributed by atoms with Crippen molar-refractivity contribution in [1.29, 1.82) is 0 Å². The zero-order chi connectivity index (χ0) is 16.8. The summed E-state index contributed by atoms with van der Waals surface area (Å²) in [4.78, 5) is 32.3. The molecule has 1 N–H and O–H groups in total. The van der Waals surface area contributed by atoms with Crippen LogP contribution in [0, 0.1) is 0 Å². The first-order valence-electron chi connectivity index (χ1n) is 7.99. The molecule has 1 aliphatic rings.